The summed E-state index contributed by atoms with van der Waals surface area (Å²) in [7, 11) is 6.70. The van der Waals surface area contributed by atoms with E-state index < -0.39 is 7.59 Å². The first-order chi connectivity index (χ1) is 8.30. The predicted octanol–water partition coefficient (Wildman–Crippen LogP) is 2.66. The molecule has 0 fully saturated rings. The van der Waals surface area contributed by atoms with E-state index in [4.69, 9.17) is 0 Å². The molecule has 0 saturated carbocycles. The molecule has 1 aromatic carbocycles. The number of hydrogen-bond acceptors (Lipinski definition) is 1. The molecular formula is C13H24N3OP. The van der Waals surface area contributed by atoms with Crippen molar-refractivity contribution in [1.29, 1.82) is 0 Å². The van der Waals surface area contributed by atoms with Crippen LogP contribution in [-0.4, -0.2) is 49.2 Å². The van der Waals surface area contributed by atoms with Crippen LogP contribution < -0.4 is 0 Å². The van der Waals surface area contributed by atoms with Crippen LogP contribution in [0.5, 0.6) is 0 Å². The Labute approximate surface area is 111 Å². The smallest absolute Gasteiger partial charge is 0.270 e. The van der Waals surface area contributed by atoms with Crippen molar-refractivity contribution in [2.75, 3.05) is 35.2 Å². The van der Waals surface area contributed by atoms with Crippen LogP contribution in [0.15, 0.2) is 24.3 Å². The minimum absolute atomic E-state index is 0.681. The van der Waals surface area contributed by atoms with E-state index in [1.165, 1.54) is 11.1 Å². The van der Waals surface area contributed by atoms with Gasteiger partial charge in [-0.25, -0.2) is 14.0 Å². The van der Waals surface area contributed by atoms with Crippen LogP contribution in [-0.2, 0) is 11.1 Å². The molecule has 0 radical (unpaired) electrons. The lowest BCUT2D eigenvalue weighted by molar-refractivity contribution is 0.354. The summed E-state index contributed by atoms with van der Waals surface area (Å²) in [6, 6.07) is 8.21. The number of aryl methyl sites for hydroxylation is 1. The fraction of sp³-hybridized carbons (Fsp3) is 0.538. The van der Waals surface area contributed by atoms with Gasteiger partial charge < -0.3 is 0 Å². The van der Waals surface area contributed by atoms with Gasteiger partial charge in [-0.3, -0.25) is 4.57 Å². The fourth-order valence-corrected chi connectivity index (χ4v) is 4.37. The summed E-state index contributed by atoms with van der Waals surface area (Å²) in [5.74, 6) is 0. The third-order valence-electron chi connectivity index (χ3n) is 3.15. The second kappa shape index (κ2) is 5.98. The van der Waals surface area contributed by atoms with Crippen LogP contribution in [0.25, 0.3) is 0 Å². The Balaban J connectivity index is 2.97. The minimum atomic E-state index is -2.64. The first-order valence-electron chi connectivity index (χ1n) is 6.02. The van der Waals surface area contributed by atoms with Crippen molar-refractivity contribution in [3.63, 3.8) is 0 Å². The molecule has 0 aromatic heterocycles. The van der Waals surface area contributed by atoms with Crippen LogP contribution in [0, 0.1) is 6.92 Å². The van der Waals surface area contributed by atoms with Crippen molar-refractivity contribution < 1.29 is 4.57 Å². The Morgan fingerprint density at radius 1 is 1.00 bits per heavy atom. The van der Waals surface area contributed by atoms with Gasteiger partial charge in [-0.1, -0.05) is 24.3 Å². The molecule has 0 N–H and O–H groups in total. The lowest BCUT2D eigenvalue weighted by Gasteiger charge is -2.37. The summed E-state index contributed by atoms with van der Waals surface area (Å²) in [6.45, 7) is 2.76. The van der Waals surface area contributed by atoms with Gasteiger partial charge >= 0.3 is 0 Å². The van der Waals surface area contributed by atoms with Crippen LogP contribution in [0.2, 0.25) is 0 Å². The zero-order valence-electron chi connectivity index (χ0n) is 12.2. The van der Waals surface area contributed by atoms with Gasteiger partial charge in [0.2, 0.25) is 0 Å². The Morgan fingerprint density at radius 3 is 1.94 bits per heavy atom. The van der Waals surface area contributed by atoms with Crippen molar-refractivity contribution in [2.45, 2.75) is 13.5 Å². The molecule has 0 bridgehead atoms. The Bertz CT molecular complexity index is 434. The van der Waals surface area contributed by atoms with Gasteiger partial charge in [0, 0.05) is 6.54 Å². The van der Waals surface area contributed by atoms with E-state index in [9.17, 15) is 4.57 Å². The first-order valence-corrected chi connectivity index (χ1v) is 7.58. The second-order valence-corrected chi connectivity index (χ2v) is 8.26. The van der Waals surface area contributed by atoms with Crippen molar-refractivity contribution in [1.82, 2.24) is 14.0 Å². The Hall–Kier alpha value is -0.670. The number of nitrogens with zero attached hydrogens (tertiary/aromatic N) is 3. The highest BCUT2D eigenvalue weighted by atomic mass is 31.2. The van der Waals surface area contributed by atoms with Gasteiger partial charge in [-0.05, 0) is 53.3 Å². The average molecular weight is 269 g/mol. The van der Waals surface area contributed by atoms with Crippen molar-refractivity contribution >= 4 is 7.59 Å². The molecule has 4 nitrogen and oxygen atoms in total. The molecule has 102 valence electrons. The summed E-state index contributed by atoms with van der Waals surface area (Å²) in [5, 5.41) is 0. The lowest BCUT2D eigenvalue weighted by Crippen LogP contribution is -2.32. The Kier molecular flexibility index (Phi) is 5.11. The molecule has 0 saturated heterocycles. The summed E-state index contributed by atoms with van der Waals surface area (Å²) >= 11 is 0. The highest BCUT2D eigenvalue weighted by Crippen LogP contribution is 2.52. The maximum Gasteiger partial charge on any atom is 0.285 e. The van der Waals surface area contributed by atoms with Gasteiger partial charge in [0.1, 0.15) is 0 Å². The molecule has 0 heterocycles. The van der Waals surface area contributed by atoms with Crippen molar-refractivity contribution in [3.8, 4) is 0 Å². The number of benzene rings is 1. The van der Waals surface area contributed by atoms with Crippen molar-refractivity contribution in [3.05, 3.63) is 35.4 Å². The van der Waals surface area contributed by atoms with E-state index in [2.05, 4.69) is 19.1 Å². The number of hydrogen-bond donors (Lipinski definition) is 0. The van der Waals surface area contributed by atoms with Gasteiger partial charge in [-0.15, -0.1) is 0 Å². The summed E-state index contributed by atoms with van der Waals surface area (Å²) in [5.41, 5.74) is 2.44. The maximum atomic E-state index is 13.0. The molecule has 0 spiro atoms. The highest BCUT2D eigenvalue weighted by Gasteiger charge is 2.33. The van der Waals surface area contributed by atoms with Crippen molar-refractivity contribution in [2.24, 2.45) is 0 Å². The molecule has 1 rings (SSSR count). The van der Waals surface area contributed by atoms with Gasteiger partial charge in [0.15, 0.2) is 0 Å². The van der Waals surface area contributed by atoms with Crippen LogP contribution in [0.4, 0.5) is 0 Å². The van der Waals surface area contributed by atoms with E-state index in [1.54, 1.807) is 9.34 Å². The van der Waals surface area contributed by atoms with Gasteiger partial charge in [-0.2, -0.15) is 0 Å². The maximum absolute atomic E-state index is 13.0. The minimum Gasteiger partial charge on any atom is -0.270 e. The van der Waals surface area contributed by atoms with E-state index in [1.807, 2.05) is 52.0 Å². The molecule has 0 unspecified atom stereocenters. The number of rotatable bonds is 5. The largest absolute Gasteiger partial charge is 0.285 e. The predicted molar refractivity (Wildman–Crippen MR) is 77.6 cm³/mol. The first kappa shape index (κ1) is 15.4. The van der Waals surface area contributed by atoms with Gasteiger partial charge in [0.05, 0.1) is 0 Å². The zero-order valence-corrected chi connectivity index (χ0v) is 13.1. The summed E-state index contributed by atoms with van der Waals surface area (Å²) < 4.78 is 18.5. The Morgan fingerprint density at radius 2 is 1.50 bits per heavy atom. The van der Waals surface area contributed by atoms with Gasteiger partial charge in [0.25, 0.3) is 7.59 Å². The topological polar surface area (TPSA) is 26.8 Å². The van der Waals surface area contributed by atoms with Crippen LogP contribution in [0.3, 0.4) is 0 Å². The summed E-state index contributed by atoms with van der Waals surface area (Å²) in [4.78, 5) is 0. The van der Waals surface area contributed by atoms with E-state index in [0.29, 0.717) is 6.54 Å². The lowest BCUT2D eigenvalue weighted by atomic mass is 10.1. The second-order valence-electron chi connectivity index (χ2n) is 4.95. The zero-order chi connectivity index (χ0) is 13.9. The molecular weight excluding hydrogens is 245 g/mol. The molecule has 0 amide bonds. The SMILES string of the molecule is Cc1ccccc1CN(C)P(=O)(N(C)C)N(C)C. The molecule has 18 heavy (non-hydrogen) atoms. The average Bonchev–Trinajstić information content (AvgIpc) is 2.30. The fourth-order valence-electron chi connectivity index (χ4n) is 2.09. The summed E-state index contributed by atoms with van der Waals surface area (Å²) in [6.07, 6.45) is 0. The highest BCUT2D eigenvalue weighted by molar-refractivity contribution is 7.56. The molecule has 0 atom stereocenters. The standard InChI is InChI=1S/C13H24N3OP/c1-12-9-7-8-10-13(12)11-16(6)18(17,14(2)3)15(4)5/h7-10H,11H2,1-6H3. The molecule has 0 aliphatic carbocycles. The quantitative estimate of drug-likeness (QED) is 0.768. The monoisotopic (exact) mass is 269 g/mol. The molecule has 5 heteroatoms. The van der Waals surface area contributed by atoms with Crippen LogP contribution >= 0.6 is 7.59 Å². The van der Waals surface area contributed by atoms with E-state index in [-0.39, 0.29) is 0 Å². The third-order valence-corrected chi connectivity index (χ3v) is 6.26. The third kappa shape index (κ3) is 3.01. The molecule has 1 aromatic rings. The van der Waals surface area contributed by atoms with Crippen LogP contribution in [0.1, 0.15) is 11.1 Å². The van der Waals surface area contributed by atoms with E-state index in [0.717, 1.165) is 0 Å². The van der Waals surface area contributed by atoms with E-state index >= 15 is 0 Å². The normalized spacial score (nSPS) is 12.7. The molecule has 0 aliphatic heterocycles. The molecule has 0 aliphatic rings.